The van der Waals surface area contributed by atoms with Gasteiger partial charge in [-0.25, -0.2) is 0 Å². The normalized spacial score (nSPS) is 16.7. The highest BCUT2D eigenvalue weighted by Crippen LogP contribution is 2.36. The van der Waals surface area contributed by atoms with Gasteiger partial charge in [-0.3, -0.25) is 0 Å². The molecular weight excluding hydrogens is 284 g/mol. The molecule has 3 heteroatoms. The molecule has 1 N–H and O–H groups in total. The molecule has 0 bridgehead atoms. The summed E-state index contributed by atoms with van der Waals surface area (Å²) in [5.74, 6) is 0. The van der Waals surface area contributed by atoms with E-state index in [1.54, 1.807) is 0 Å². The number of rotatable bonds is 5. The van der Waals surface area contributed by atoms with Gasteiger partial charge >= 0.3 is 0 Å². The van der Waals surface area contributed by atoms with Gasteiger partial charge in [0, 0.05) is 26.3 Å². The summed E-state index contributed by atoms with van der Waals surface area (Å²) < 4.78 is 5.46. The highest BCUT2D eigenvalue weighted by molar-refractivity contribution is 5.39. The second-order valence-electron chi connectivity index (χ2n) is 6.05. The minimum atomic E-state index is -0.400. The van der Waals surface area contributed by atoms with Crippen molar-refractivity contribution in [2.24, 2.45) is 0 Å². The van der Waals surface area contributed by atoms with Crippen molar-refractivity contribution >= 4 is 0 Å². The van der Waals surface area contributed by atoms with E-state index in [1.807, 2.05) is 18.2 Å². The average Bonchev–Trinajstić information content (AvgIpc) is 2.64. The molecule has 1 aliphatic rings. The Balaban J connectivity index is 1.74. The third kappa shape index (κ3) is 3.61. The van der Waals surface area contributed by atoms with Crippen molar-refractivity contribution in [3.63, 3.8) is 0 Å². The van der Waals surface area contributed by atoms with Crippen LogP contribution in [-0.4, -0.2) is 13.2 Å². The lowest BCUT2D eigenvalue weighted by atomic mass is 9.73. The van der Waals surface area contributed by atoms with Crippen molar-refractivity contribution in [2.45, 2.75) is 31.3 Å². The van der Waals surface area contributed by atoms with Gasteiger partial charge in [0.25, 0.3) is 0 Å². The molecule has 0 radical (unpaired) electrons. The van der Waals surface area contributed by atoms with Gasteiger partial charge in [0.2, 0.25) is 0 Å². The van der Waals surface area contributed by atoms with Crippen LogP contribution in [0, 0.1) is 11.3 Å². The number of nitriles is 1. The summed E-state index contributed by atoms with van der Waals surface area (Å²) in [6.07, 6.45) is 1.55. The molecule has 0 atom stereocenters. The molecule has 0 amide bonds. The maximum atomic E-state index is 9.80. The molecule has 1 saturated heterocycles. The Labute approximate surface area is 137 Å². The van der Waals surface area contributed by atoms with Gasteiger partial charge in [-0.1, -0.05) is 54.6 Å². The first-order valence-electron chi connectivity index (χ1n) is 8.16. The van der Waals surface area contributed by atoms with E-state index in [4.69, 9.17) is 4.74 Å². The van der Waals surface area contributed by atoms with Gasteiger partial charge in [-0.05, 0) is 29.5 Å². The average molecular weight is 306 g/mol. The number of ether oxygens (including phenoxy) is 1. The predicted molar refractivity (Wildman–Crippen MR) is 90.8 cm³/mol. The van der Waals surface area contributed by atoms with Crippen molar-refractivity contribution < 1.29 is 4.74 Å². The maximum Gasteiger partial charge on any atom is 0.0869 e. The molecule has 3 nitrogen and oxygen atoms in total. The smallest absolute Gasteiger partial charge is 0.0869 e. The van der Waals surface area contributed by atoms with Crippen molar-refractivity contribution in [3.8, 4) is 6.07 Å². The molecule has 0 aliphatic carbocycles. The molecule has 118 valence electrons. The van der Waals surface area contributed by atoms with Crippen LogP contribution in [0.25, 0.3) is 0 Å². The van der Waals surface area contributed by atoms with Crippen LogP contribution in [0.3, 0.4) is 0 Å². The topological polar surface area (TPSA) is 45.0 Å². The molecule has 0 spiro atoms. The lowest BCUT2D eigenvalue weighted by molar-refractivity contribution is 0.0673. The van der Waals surface area contributed by atoms with Crippen molar-refractivity contribution in [1.82, 2.24) is 5.32 Å². The largest absolute Gasteiger partial charge is 0.381 e. The van der Waals surface area contributed by atoms with Crippen LogP contribution in [0.4, 0.5) is 0 Å². The van der Waals surface area contributed by atoms with Crippen molar-refractivity contribution in [1.29, 1.82) is 5.26 Å². The summed E-state index contributed by atoms with van der Waals surface area (Å²) >= 11 is 0. The van der Waals surface area contributed by atoms with E-state index in [2.05, 4.69) is 47.8 Å². The second kappa shape index (κ2) is 7.41. The Morgan fingerprint density at radius 3 is 2.39 bits per heavy atom. The highest BCUT2D eigenvalue weighted by atomic mass is 16.5. The quantitative estimate of drug-likeness (QED) is 0.919. The van der Waals surface area contributed by atoms with E-state index >= 15 is 0 Å². The van der Waals surface area contributed by atoms with Crippen LogP contribution in [0.15, 0.2) is 54.6 Å². The minimum Gasteiger partial charge on any atom is -0.381 e. The van der Waals surface area contributed by atoms with Crippen LogP contribution in [-0.2, 0) is 23.2 Å². The second-order valence-corrected chi connectivity index (χ2v) is 6.05. The van der Waals surface area contributed by atoms with E-state index in [1.165, 1.54) is 11.1 Å². The lowest BCUT2D eigenvalue weighted by Gasteiger charge is -2.32. The molecule has 0 aromatic heterocycles. The van der Waals surface area contributed by atoms with Crippen LogP contribution in [0.1, 0.15) is 29.5 Å². The molecule has 1 aliphatic heterocycles. The summed E-state index contributed by atoms with van der Waals surface area (Å²) in [6, 6.07) is 21.3. The first-order chi connectivity index (χ1) is 11.3. The number of hydrogen-bond donors (Lipinski definition) is 1. The molecule has 0 unspecified atom stereocenters. The zero-order valence-electron chi connectivity index (χ0n) is 13.3. The van der Waals surface area contributed by atoms with E-state index in [-0.39, 0.29) is 0 Å². The standard InChI is InChI=1S/C20H22N2O/c21-16-20(10-12-23-13-11-20)19-9-5-4-8-18(19)15-22-14-17-6-2-1-3-7-17/h1-9,22H,10-15H2. The van der Waals surface area contributed by atoms with Crippen LogP contribution in [0.2, 0.25) is 0 Å². The van der Waals surface area contributed by atoms with Gasteiger partial charge in [-0.15, -0.1) is 0 Å². The van der Waals surface area contributed by atoms with Crippen LogP contribution in [0.5, 0.6) is 0 Å². The van der Waals surface area contributed by atoms with Gasteiger partial charge in [0.05, 0.1) is 11.5 Å². The van der Waals surface area contributed by atoms with Crippen LogP contribution < -0.4 is 5.32 Å². The third-order valence-electron chi connectivity index (χ3n) is 4.58. The zero-order valence-corrected chi connectivity index (χ0v) is 13.3. The van der Waals surface area contributed by atoms with Gasteiger partial charge in [-0.2, -0.15) is 5.26 Å². The maximum absolute atomic E-state index is 9.80. The first kappa shape index (κ1) is 15.7. The minimum absolute atomic E-state index is 0.400. The van der Waals surface area contributed by atoms with Crippen LogP contribution >= 0.6 is 0 Å². The van der Waals surface area contributed by atoms with E-state index < -0.39 is 5.41 Å². The fourth-order valence-electron chi connectivity index (χ4n) is 3.24. The monoisotopic (exact) mass is 306 g/mol. The third-order valence-corrected chi connectivity index (χ3v) is 4.58. The van der Waals surface area contributed by atoms with Gasteiger partial charge in [0.15, 0.2) is 0 Å². The molecule has 3 rings (SSSR count). The van der Waals surface area contributed by atoms with Gasteiger partial charge < -0.3 is 10.1 Å². The Bertz CT molecular complexity index is 670. The molecule has 0 saturated carbocycles. The molecule has 1 fully saturated rings. The number of nitrogens with zero attached hydrogens (tertiary/aromatic N) is 1. The summed E-state index contributed by atoms with van der Waals surface area (Å²) in [7, 11) is 0. The number of hydrogen-bond acceptors (Lipinski definition) is 3. The summed E-state index contributed by atoms with van der Waals surface area (Å²) in [5.41, 5.74) is 3.24. The highest BCUT2D eigenvalue weighted by Gasteiger charge is 2.36. The Kier molecular flexibility index (Phi) is 5.07. The van der Waals surface area contributed by atoms with E-state index in [0.717, 1.165) is 31.5 Å². The molecule has 2 aromatic rings. The molecule has 23 heavy (non-hydrogen) atoms. The summed E-state index contributed by atoms with van der Waals surface area (Å²) in [5, 5.41) is 13.3. The first-order valence-corrected chi connectivity index (χ1v) is 8.16. The molecule has 2 aromatic carbocycles. The predicted octanol–water partition coefficient (Wildman–Crippen LogP) is 3.55. The Hall–Kier alpha value is -2.15. The molecule has 1 heterocycles. The van der Waals surface area contributed by atoms with Crippen molar-refractivity contribution in [3.05, 3.63) is 71.3 Å². The van der Waals surface area contributed by atoms with E-state index in [9.17, 15) is 5.26 Å². The van der Waals surface area contributed by atoms with Gasteiger partial charge in [0.1, 0.15) is 0 Å². The number of nitrogens with one attached hydrogen (secondary N) is 1. The summed E-state index contributed by atoms with van der Waals surface area (Å²) in [6.45, 7) is 2.94. The Morgan fingerprint density at radius 1 is 0.957 bits per heavy atom. The zero-order chi connectivity index (χ0) is 16.0. The fourth-order valence-corrected chi connectivity index (χ4v) is 3.24. The molecular formula is C20H22N2O. The number of benzene rings is 2. The Morgan fingerprint density at radius 2 is 1.65 bits per heavy atom. The summed E-state index contributed by atoms with van der Waals surface area (Å²) in [4.78, 5) is 0. The fraction of sp³-hybridized carbons (Fsp3) is 0.350. The lowest BCUT2D eigenvalue weighted by Crippen LogP contribution is -2.33. The van der Waals surface area contributed by atoms with E-state index in [0.29, 0.717) is 13.2 Å². The van der Waals surface area contributed by atoms with Crippen molar-refractivity contribution in [2.75, 3.05) is 13.2 Å². The SMILES string of the molecule is N#CC1(c2ccccc2CNCc2ccccc2)CCOCC1.